The molecule has 0 heterocycles. The van der Waals surface area contributed by atoms with Gasteiger partial charge < -0.3 is 15.0 Å². The minimum absolute atomic E-state index is 0.0383. The molecule has 3 rings (SSSR count). The van der Waals surface area contributed by atoms with Crippen molar-refractivity contribution in [1.29, 1.82) is 0 Å². The normalized spacial score (nSPS) is 14.4. The van der Waals surface area contributed by atoms with Gasteiger partial charge in [0, 0.05) is 18.7 Å². The second kappa shape index (κ2) is 9.21. The number of hydrogen-bond acceptors (Lipinski definition) is 3. The number of para-hydroxylation sites is 1. The average Bonchev–Trinajstić information content (AvgIpc) is 2.69. The van der Waals surface area contributed by atoms with Crippen LogP contribution < -0.4 is 10.1 Å². The van der Waals surface area contributed by atoms with E-state index in [0.29, 0.717) is 11.4 Å². The number of ether oxygens (including phenoxy) is 1. The minimum Gasteiger partial charge on any atom is -0.457 e. The molecule has 0 unspecified atom stereocenters. The van der Waals surface area contributed by atoms with Gasteiger partial charge in [-0.25, -0.2) is 0 Å². The fourth-order valence-electron chi connectivity index (χ4n) is 3.48. The van der Waals surface area contributed by atoms with E-state index in [9.17, 15) is 9.59 Å². The first-order chi connectivity index (χ1) is 13.1. The Hall–Kier alpha value is -2.82. The first-order valence-corrected chi connectivity index (χ1v) is 9.52. The van der Waals surface area contributed by atoms with Gasteiger partial charge in [-0.05, 0) is 49.2 Å². The smallest absolute Gasteiger partial charge is 0.244 e. The van der Waals surface area contributed by atoms with Gasteiger partial charge in [0.15, 0.2) is 0 Å². The topological polar surface area (TPSA) is 58.6 Å². The zero-order chi connectivity index (χ0) is 19.1. The van der Waals surface area contributed by atoms with Crippen LogP contribution in [0.25, 0.3) is 0 Å². The van der Waals surface area contributed by atoms with Crippen LogP contribution in [0.4, 0.5) is 5.69 Å². The number of benzene rings is 2. The van der Waals surface area contributed by atoms with Gasteiger partial charge >= 0.3 is 0 Å². The Kier molecular flexibility index (Phi) is 6.47. The molecule has 27 heavy (non-hydrogen) atoms. The number of amides is 2. The third kappa shape index (κ3) is 5.58. The first-order valence-electron chi connectivity index (χ1n) is 9.52. The molecule has 2 amide bonds. The molecule has 1 aliphatic carbocycles. The molecular weight excluding hydrogens is 340 g/mol. The van der Waals surface area contributed by atoms with Crippen molar-refractivity contribution in [3.05, 3.63) is 54.6 Å². The molecule has 5 heteroatoms. The zero-order valence-electron chi connectivity index (χ0n) is 15.7. The minimum atomic E-state index is -0.174. The highest BCUT2D eigenvalue weighted by molar-refractivity contribution is 5.94. The van der Waals surface area contributed by atoms with Gasteiger partial charge in [0.1, 0.15) is 18.0 Å². The summed E-state index contributed by atoms with van der Waals surface area (Å²) in [6.45, 7) is 1.64. The fraction of sp³-hybridized carbons (Fsp3) is 0.364. The maximum absolute atomic E-state index is 12.4. The summed E-state index contributed by atoms with van der Waals surface area (Å²) in [4.78, 5) is 26.1. The highest BCUT2D eigenvalue weighted by atomic mass is 16.5. The molecule has 0 radical (unpaired) electrons. The van der Waals surface area contributed by atoms with Gasteiger partial charge in [-0.2, -0.15) is 0 Å². The number of rotatable bonds is 6. The van der Waals surface area contributed by atoms with E-state index in [1.54, 1.807) is 17.0 Å². The van der Waals surface area contributed by atoms with Crippen LogP contribution >= 0.6 is 0 Å². The fourth-order valence-corrected chi connectivity index (χ4v) is 3.48. The summed E-state index contributed by atoms with van der Waals surface area (Å²) < 4.78 is 5.75. The maximum Gasteiger partial charge on any atom is 0.244 e. The Morgan fingerprint density at radius 1 is 0.963 bits per heavy atom. The Morgan fingerprint density at radius 3 is 2.22 bits per heavy atom. The van der Waals surface area contributed by atoms with Crippen molar-refractivity contribution in [2.24, 2.45) is 0 Å². The summed E-state index contributed by atoms with van der Waals surface area (Å²) in [6, 6.07) is 16.9. The van der Waals surface area contributed by atoms with Gasteiger partial charge in [-0.1, -0.05) is 37.5 Å². The van der Waals surface area contributed by atoms with E-state index in [1.165, 1.54) is 13.3 Å². The van der Waals surface area contributed by atoms with E-state index >= 15 is 0 Å². The summed E-state index contributed by atoms with van der Waals surface area (Å²) in [6.07, 6.45) is 5.43. The molecular formula is C22H26N2O3. The number of carbonyl (C=O) groups is 2. The summed E-state index contributed by atoms with van der Waals surface area (Å²) in [5.41, 5.74) is 0.688. The van der Waals surface area contributed by atoms with Crippen molar-refractivity contribution >= 4 is 17.5 Å². The molecule has 0 bridgehead atoms. The molecule has 0 atom stereocenters. The number of anilines is 1. The Labute approximate surface area is 160 Å². The molecule has 142 valence electrons. The van der Waals surface area contributed by atoms with E-state index < -0.39 is 0 Å². The summed E-state index contributed by atoms with van der Waals surface area (Å²) in [5.74, 6) is 1.25. The number of hydrogen-bond donors (Lipinski definition) is 1. The van der Waals surface area contributed by atoms with Gasteiger partial charge in [0.05, 0.1) is 0 Å². The van der Waals surface area contributed by atoms with Crippen LogP contribution in [0, 0.1) is 0 Å². The number of carbonyl (C=O) groups excluding carboxylic acids is 2. The van der Waals surface area contributed by atoms with Crippen molar-refractivity contribution < 1.29 is 14.3 Å². The molecule has 5 nitrogen and oxygen atoms in total. The van der Waals surface area contributed by atoms with Crippen LogP contribution in [0.2, 0.25) is 0 Å². The highest BCUT2D eigenvalue weighted by Gasteiger charge is 2.25. The van der Waals surface area contributed by atoms with Gasteiger partial charge in [0.2, 0.25) is 11.8 Å². The highest BCUT2D eigenvalue weighted by Crippen LogP contribution is 2.24. The molecule has 0 aromatic heterocycles. The zero-order valence-corrected chi connectivity index (χ0v) is 15.7. The van der Waals surface area contributed by atoms with Gasteiger partial charge in [-0.15, -0.1) is 0 Å². The molecule has 1 saturated carbocycles. The molecule has 0 saturated heterocycles. The summed E-state index contributed by atoms with van der Waals surface area (Å²) in [5, 5.41) is 2.87. The van der Waals surface area contributed by atoms with Crippen LogP contribution in [-0.2, 0) is 9.59 Å². The summed E-state index contributed by atoms with van der Waals surface area (Å²) >= 11 is 0. The Bertz CT molecular complexity index is 753. The second-order valence-electron chi connectivity index (χ2n) is 6.93. The molecule has 2 aromatic rings. The van der Waals surface area contributed by atoms with Crippen molar-refractivity contribution in [1.82, 2.24) is 4.90 Å². The van der Waals surface area contributed by atoms with E-state index in [1.807, 2.05) is 42.5 Å². The molecule has 1 N–H and O–H groups in total. The van der Waals surface area contributed by atoms with E-state index in [4.69, 9.17) is 4.74 Å². The monoisotopic (exact) mass is 366 g/mol. The Morgan fingerprint density at radius 2 is 1.59 bits per heavy atom. The quantitative estimate of drug-likeness (QED) is 0.813. The predicted molar refractivity (Wildman–Crippen MR) is 106 cm³/mol. The lowest BCUT2D eigenvalue weighted by atomic mass is 9.94. The van der Waals surface area contributed by atoms with Crippen LogP contribution in [-0.4, -0.2) is 29.3 Å². The van der Waals surface area contributed by atoms with E-state index in [-0.39, 0.29) is 24.4 Å². The van der Waals surface area contributed by atoms with Gasteiger partial charge in [-0.3, -0.25) is 9.59 Å². The average molecular weight is 366 g/mol. The van der Waals surface area contributed by atoms with Crippen molar-refractivity contribution in [2.75, 3.05) is 11.9 Å². The maximum atomic E-state index is 12.4. The third-order valence-electron chi connectivity index (χ3n) is 4.85. The second-order valence-corrected chi connectivity index (χ2v) is 6.93. The van der Waals surface area contributed by atoms with E-state index in [2.05, 4.69) is 5.32 Å². The third-order valence-corrected chi connectivity index (χ3v) is 4.85. The largest absolute Gasteiger partial charge is 0.457 e. The van der Waals surface area contributed by atoms with Crippen molar-refractivity contribution in [2.45, 2.75) is 45.1 Å². The van der Waals surface area contributed by atoms with Gasteiger partial charge in [0.25, 0.3) is 0 Å². The SMILES string of the molecule is CC(=O)N(CC(=O)Nc1ccc(Oc2ccccc2)cc1)C1CCCCC1. The number of nitrogens with one attached hydrogen (secondary N) is 1. The predicted octanol–water partition coefficient (Wildman–Crippen LogP) is 4.60. The van der Waals surface area contributed by atoms with Crippen LogP contribution in [0.1, 0.15) is 39.0 Å². The molecule has 0 spiro atoms. The molecule has 2 aromatic carbocycles. The lowest BCUT2D eigenvalue weighted by Crippen LogP contribution is -2.44. The first kappa shape index (κ1) is 19.0. The lowest BCUT2D eigenvalue weighted by molar-refractivity contribution is -0.135. The summed E-state index contributed by atoms with van der Waals surface area (Å²) in [7, 11) is 0. The molecule has 0 aliphatic heterocycles. The van der Waals surface area contributed by atoms with Crippen LogP contribution in [0.5, 0.6) is 11.5 Å². The van der Waals surface area contributed by atoms with Crippen LogP contribution in [0.15, 0.2) is 54.6 Å². The Balaban J connectivity index is 1.55. The number of nitrogens with zero attached hydrogens (tertiary/aromatic N) is 1. The lowest BCUT2D eigenvalue weighted by Gasteiger charge is -2.33. The molecule has 1 fully saturated rings. The molecule has 1 aliphatic rings. The van der Waals surface area contributed by atoms with Crippen LogP contribution in [0.3, 0.4) is 0 Å². The van der Waals surface area contributed by atoms with Crippen molar-refractivity contribution in [3.63, 3.8) is 0 Å². The van der Waals surface area contributed by atoms with E-state index in [0.717, 1.165) is 31.4 Å². The standard InChI is InChI=1S/C22H26N2O3/c1-17(25)24(19-8-4-2-5-9-19)16-22(26)23-18-12-14-21(15-13-18)27-20-10-6-3-7-11-20/h3,6-7,10-15,19H,2,4-5,8-9,16H2,1H3,(H,23,26). The van der Waals surface area contributed by atoms with Crippen molar-refractivity contribution in [3.8, 4) is 11.5 Å².